The van der Waals surface area contributed by atoms with Gasteiger partial charge in [0.25, 0.3) is 0 Å². The van der Waals surface area contributed by atoms with Crippen molar-refractivity contribution in [2.45, 2.75) is 0 Å². The third-order valence-electron chi connectivity index (χ3n) is 0.463. The highest BCUT2D eigenvalue weighted by molar-refractivity contribution is 7.67. The molecule has 0 aliphatic carbocycles. The van der Waals surface area contributed by atoms with E-state index in [1.165, 1.54) is 11.4 Å². The van der Waals surface area contributed by atoms with E-state index in [1.54, 1.807) is 0 Å². The lowest BCUT2D eigenvalue weighted by Crippen LogP contribution is -2.01. The molecular formula is C4H6Cl6Si2. The Morgan fingerprint density at radius 2 is 0.750 bits per heavy atom. The average molecular weight is 323 g/mol. The standard InChI is InChI=1S/2C2H3Cl3Si/c2*1-2-6(3,4)5/h2*2H,1H2. The summed E-state index contributed by atoms with van der Waals surface area (Å²) in [5, 5.41) is 0. The molecule has 0 rings (SSSR count). The second kappa shape index (κ2) is 7.01. The third kappa shape index (κ3) is 22.6. The van der Waals surface area contributed by atoms with Crippen molar-refractivity contribution in [2.24, 2.45) is 0 Å². The second-order valence-corrected chi connectivity index (χ2v) is 18.7. The van der Waals surface area contributed by atoms with E-state index in [0.717, 1.165) is 0 Å². The van der Waals surface area contributed by atoms with Crippen LogP contribution in [-0.2, 0) is 0 Å². The molecule has 0 nitrogen and oxygen atoms in total. The van der Waals surface area contributed by atoms with Gasteiger partial charge < -0.3 is 0 Å². The summed E-state index contributed by atoms with van der Waals surface area (Å²) in [5.74, 6) is 0. The van der Waals surface area contributed by atoms with Crippen LogP contribution in [0.5, 0.6) is 0 Å². The van der Waals surface area contributed by atoms with Gasteiger partial charge in [-0.05, 0) is 0 Å². The molecule has 0 unspecified atom stereocenters. The molecule has 0 bridgehead atoms. The monoisotopic (exact) mass is 320 g/mol. The van der Waals surface area contributed by atoms with E-state index in [-0.39, 0.29) is 0 Å². The lowest BCUT2D eigenvalue weighted by Gasteiger charge is -1.92. The summed E-state index contributed by atoms with van der Waals surface area (Å²) in [7, 11) is 0. The molecule has 8 heteroatoms. The molecule has 0 N–H and O–H groups in total. The van der Waals surface area contributed by atoms with Crippen LogP contribution in [0.15, 0.2) is 24.6 Å². The van der Waals surface area contributed by atoms with E-state index in [1.807, 2.05) is 0 Å². The first kappa shape index (κ1) is 16.1. The van der Waals surface area contributed by atoms with Gasteiger partial charge in [0.2, 0.25) is 0 Å². The maximum atomic E-state index is 5.27. The normalized spacial score (nSPS) is 11.2. The highest BCUT2D eigenvalue weighted by Gasteiger charge is 2.18. The average Bonchev–Trinajstić information content (AvgIpc) is 1.86. The van der Waals surface area contributed by atoms with Crippen LogP contribution >= 0.6 is 66.5 Å². The first-order chi connectivity index (χ1) is 5.12. The fraction of sp³-hybridized carbons (Fsp3) is 0. The molecular weight excluding hydrogens is 317 g/mol. The second-order valence-electron chi connectivity index (χ2n) is 1.49. The van der Waals surface area contributed by atoms with Gasteiger partial charge in [0.1, 0.15) is 0 Å². The zero-order valence-corrected chi connectivity index (χ0v) is 12.4. The molecule has 0 aromatic rings. The van der Waals surface area contributed by atoms with E-state index >= 15 is 0 Å². The fourth-order valence-electron chi connectivity index (χ4n) is 0. The van der Waals surface area contributed by atoms with Gasteiger partial charge in [0.15, 0.2) is 0 Å². The maximum Gasteiger partial charge on any atom is 0.365 e. The number of hydrogen-bond acceptors (Lipinski definition) is 0. The van der Waals surface area contributed by atoms with E-state index in [9.17, 15) is 0 Å². The van der Waals surface area contributed by atoms with Gasteiger partial charge in [0.05, 0.1) is 0 Å². The summed E-state index contributed by atoms with van der Waals surface area (Å²) >= 11 is 31.6. The molecule has 0 aromatic heterocycles. The topological polar surface area (TPSA) is 0 Å². The van der Waals surface area contributed by atoms with Crippen molar-refractivity contribution < 1.29 is 0 Å². The van der Waals surface area contributed by atoms with Gasteiger partial charge in [-0.2, -0.15) is 0 Å². The molecule has 0 atom stereocenters. The van der Waals surface area contributed by atoms with Crippen molar-refractivity contribution in [1.29, 1.82) is 0 Å². The van der Waals surface area contributed by atoms with Crippen LogP contribution in [-0.4, -0.2) is 12.0 Å². The fourth-order valence-corrected chi connectivity index (χ4v) is 0. The predicted molar refractivity (Wildman–Crippen MR) is 67.0 cm³/mol. The number of hydrogen-bond donors (Lipinski definition) is 0. The molecule has 0 aliphatic rings. The van der Waals surface area contributed by atoms with Crippen molar-refractivity contribution in [2.75, 3.05) is 0 Å². The molecule has 12 heavy (non-hydrogen) atoms. The maximum absolute atomic E-state index is 5.27. The minimum absolute atomic E-state index is 1.37. The molecule has 0 spiro atoms. The van der Waals surface area contributed by atoms with Crippen LogP contribution in [0.4, 0.5) is 0 Å². The van der Waals surface area contributed by atoms with E-state index in [2.05, 4.69) is 13.2 Å². The molecule has 0 heterocycles. The van der Waals surface area contributed by atoms with Gasteiger partial charge >= 0.3 is 12.0 Å². The first-order valence-electron chi connectivity index (χ1n) is 2.53. The van der Waals surface area contributed by atoms with Gasteiger partial charge in [0, 0.05) is 0 Å². The smallest absolute Gasteiger partial charge is 0.121 e. The van der Waals surface area contributed by atoms with E-state index < -0.39 is 12.0 Å². The minimum Gasteiger partial charge on any atom is -0.121 e. The summed E-state index contributed by atoms with van der Waals surface area (Å²) in [6, 6.07) is -4.90. The van der Waals surface area contributed by atoms with Crippen LogP contribution in [0, 0.1) is 0 Å². The lowest BCUT2D eigenvalue weighted by molar-refractivity contribution is 2.56. The van der Waals surface area contributed by atoms with Gasteiger partial charge in [-0.15, -0.1) is 79.6 Å². The SMILES string of the molecule is C=C[Si](Cl)(Cl)Cl.C=C[Si](Cl)(Cl)Cl. The molecule has 0 saturated heterocycles. The Morgan fingerprint density at radius 1 is 0.667 bits per heavy atom. The zero-order valence-electron chi connectivity index (χ0n) is 5.84. The van der Waals surface area contributed by atoms with Gasteiger partial charge in [-0.25, -0.2) is 0 Å². The summed E-state index contributed by atoms with van der Waals surface area (Å²) in [6.07, 6.45) is 0. The molecule has 0 amide bonds. The molecule has 72 valence electrons. The molecule has 0 aliphatic heterocycles. The Bertz CT molecular complexity index is 127. The van der Waals surface area contributed by atoms with Crippen LogP contribution in [0.2, 0.25) is 0 Å². The molecule has 0 fully saturated rings. The largest absolute Gasteiger partial charge is 0.365 e. The summed E-state index contributed by atoms with van der Waals surface area (Å²) < 4.78 is 0. The summed E-state index contributed by atoms with van der Waals surface area (Å²) in [5.41, 5.74) is 2.75. The number of rotatable bonds is 2. The zero-order chi connectivity index (χ0) is 10.4. The van der Waals surface area contributed by atoms with Crippen LogP contribution in [0.1, 0.15) is 0 Å². The molecule has 0 radical (unpaired) electrons. The highest BCUT2D eigenvalue weighted by atomic mass is 35.8. The predicted octanol–water partition coefficient (Wildman–Crippen LogP) is 4.73. The van der Waals surface area contributed by atoms with Crippen LogP contribution in [0.25, 0.3) is 0 Å². The highest BCUT2D eigenvalue weighted by Crippen LogP contribution is 2.19. The molecule has 0 aromatic carbocycles. The van der Waals surface area contributed by atoms with E-state index in [4.69, 9.17) is 66.5 Å². The Balaban J connectivity index is 0. The first-order valence-corrected chi connectivity index (χ1v) is 12.8. The Kier molecular flexibility index (Phi) is 9.41. The Hall–Kier alpha value is 1.65. The van der Waals surface area contributed by atoms with Crippen LogP contribution < -0.4 is 0 Å². The quantitative estimate of drug-likeness (QED) is 0.509. The minimum atomic E-state index is -2.45. The third-order valence-corrected chi connectivity index (χ3v) is 4.17. The van der Waals surface area contributed by atoms with Crippen molar-refractivity contribution in [3.05, 3.63) is 24.6 Å². The van der Waals surface area contributed by atoms with Crippen molar-refractivity contribution in [3.63, 3.8) is 0 Å². The Morgan fingerprint density at radius 3 is 0.750 bits per heavy atom. The van der Waals surface area contributed by atoms with Crippen molar-refractivity contribution in [3.8, 4) is 0 Å². The Labute approximate surface area is 102 Å². The number of halogens is 6. The van der Waals surface area contributed by atoms with Crippen LogP contribution in [0.3, 0.4) is 0 Å². The summed E-state index contributed by atoms with van der Waals surface area (Å²) in [4.78, 5) is 0. The lowest BCUT2D eigenvalue weighted by atomic mass is 11.3. The van der Waals surface area contributed by atoms with E-state index in [0.29, 0.717) is 0 Å². The molecule has 0 saturated carbocycles. The van der Waals surface area contributed by atoms with Crippen molar-refractivity contribution in [1.82, 2.24) is 0 Å². The summed E-state index contributed by atoms with van der Waals surface area (Å²) in [6.45, 7) is 6.60. The van der Waals surface area contributed by atoms with Gasteiger partial charge in [-0.3, -0.25) is 0 Å². The van der Waals surface area contributed by atoms with Crippen molar-refractivity contribution >= 4 is 78.5 Å². The van der Waals surface area contributed by atoms with Gasteiger partial charge in [-0.1, -0.05) is 11.4 Å².